The number of benzene rings is 2. The number of carbonyl (C=O) groups excluding carboxylic acids is 1. The van der Waals surface area contributed by atoms with Gasteiger partial charge in [-0.1, -0.05) is 0 Å². The predicted molar refractivity (Wildman–Crippen MR) is 134 cm³/mol. The summed E-state index contributed by atoms with van der Waals surface area (Å²) in [6.07, 6.45) is 1.75. The van der Waals surface area contributed by atoms with Crippen LogP contribution in [0.2, 0.25) is 0 Å². The van der Waals surface area contributed by atoms with Crippen LogP contribution < -0.4 is 35.1 Å². The van der Waals surface area contributed by atoms with Crippen LogP contribution in [0.4, 0.5) is 33.4 Å². The van der Waals surface area contributed by atoms with E-state index in [9.17, 15) is 4.79 Å². The largest absolute Gasteiger partial charge is 0.493 e. The maximum atomic E-state index is 12.5. The Bertz CT molecular complexity index is 1130. The Kier molecular flexibility index (Phi) is 7.68. The molecule has 2 aromatic carbocycles. The first kappa shape index (κ1) is 23.9. The van der Waals surface area contributed by atoms with Crippen LogP contribution in [0.25, 0.3) is 0 Å². The van der Waals surface area contributed by atoms with E-state index in [0.29, 0.717) is 47.7 Å². The molecule has 0 aliphatic carbocycles. The lowest BCUT2D eigenvalue weighted by atomic mass is 10.2. The predicted octanol–water partition coefficient (Wildman–Crippen LogP) is 3.73. The molecule has 11 nitrogen and oxygen atoms in total. The number of anilines is 5. The number of ether oxygens (including phenoxy) is 4. The minimum absolute atomic E-state index is 0.413. The molecule has 35 heavy (non-hydrogen) atoms. The van der Waals surface area contributed by atoms with Crippen molar-refractivity contribution in [3.63, 3.8) is 0 Å². The third-order valence-corrected chi connectivity index (χ3v) is 5.35. The Morgan fingerprint density at radius 3 is 2.14 bits per heavy atom. The molecule has 0 spiro atoms. The molecule has 1 saturated heterocycles. The number of rotatable bonds is 8. The van der Waals surface area contributed by atoms with Crippen molar-refractivity contribution in [2.45, 2.75) is 0 Å². The fourth-order valence-corrected chi connectivity index (χ4v) is 3.64. The van der Waals surface area contributed by atoms with Gasteiger partial charge in [0.2, 0.25) is 5.75 Å². The number of carbonyl (C=O) groups is 1. The van der Waals surface area contributed by atoms with Gasteiger partial charge in [0, 0.05) is 42.7 Å². The molecule has 0 unspecified atom stereocenters. The second-order valence-corrected chi connectivity index (χ2v) is 7.59. The summed E-state index contributed by atoms with van der Waals surface area (Å²) in [7, 11) is 4.55. The topological polar surface area (TPSA) is 119 Å². The first-order valence-corrected chi connectivity index (χ1v) is 11.0. The summed E-state index contributed by atoms with van der Waals surface area (Å²) >= 11 is 0. The Balaban J connectivity index is 1.37. The average molecular weight is 481 g/mol. The highest BCUT2D eigenvalue weighted by Gasteiger charge is 2.15. The van der Waals surface area contributed by atoms with Gasteiger partial charge in [0.1, 0.15) is 0 Å². The molecule has 2 amide bonds. The van der Waals surface area contributed by atoms with Crippen molar-refractivity contribution in [2.75, 3.05) is 68.5 Å². The molecule has 3 aromatic rings. The highest BCUT2D eigenvalue weighted by Crippen LogP contribution is 2.40. The van der Waals surface area contributed by atoms with Crippen molar-refractivity contribution in [1.82, 2.24) is 10.2 Å². The van der Waals surface area contributed by atoms with Crippen LogP contribution in [-0.4, -0.2) is 63.9 Å². The molecule has 0 bridgehead atoms. The second-order valence-electron chi connectivity index (χ2n) is 7.59. The van der Waals surface area contributed by atoms with Gasteiger partial charge in [-0.05, 0) is 24.3 Å². The van der Waals surface area contributed by atoms with Crippen LogP contribution in [-0.2, 0) is 4.74 Å². The number of nitrogens with zero attached hydrogens (tertiary/aromatic N) is 3. The maximum absolute atomic E-state index is 12.5. The lowest BCUT2D eigenvalue weighted by Crippen LogP contribution is -2.36. The molecule has 3 N–H and O–H groups in total. The van der Waals surface area contributed by atoms with Crippen LogP contribution in [0.1, 0.15) is 0 Å². The first-order chi connectivity index (χ1) is 17.1. The van der Waals surface area contributed by atoms with Gasteiger partial charge in [-0.3, -0.25) is 0 Å². The second kappa shape index (κ2) is 11.3. The van der Waals surface area contributed by atoms with Crippen molar-refractivity contribution in [2.24, 2.45) is 0 Å². The smallest absolute Gasteiger partial charge is 0.323 e. The molecule has 0 radical (unpaired) electrons. The summed E-state index contributed by atoms with van der Waals surface area (Å²) in [5.41, 5.74) is 2.92. The zero-order chi connectivity index (χ0) is 24.6. The van der Waals surface area contributed by atoms with Crippen molar-refractivity contribution in [1.29, 1.82) is 0 Å². The summed E-state index contributed by atoms with van der Waals surface area (Å²) in [4.78, 5) is 14.7. The van der Waals surface area contributed by atoms with Gasteiger partial charge in [0.05, 0.1) is 52.1 Å². The standard InChI is InChI=1S/C24H28N6O5/c1-32-20-12-18(13-21(33-2)23(20)34-3)28-24(31)27-17-6-4-16(5-7-17)26-22-14-19(15-25-29-22)30-8-10-35-11-9-30/h4-7,12-15H,8-11H2,1-3H3,(H,26,29)(H2,27,28,31). The zero-order valence-electron chi connectivity index (χ0n) is 19.8. The van der Waals surface area contributed by atoms with E-state index in [0.717, 1.165) is 24.5 Å². The van der Waals surface area contributed by atoms with Crippen LogP contribution in [0.5, 0.6) is 17.2 Å². The van der Waals surface area contributed by atoms with E-state index in [4.69, 9.17) is 18.9 Å². The van der Waals surface area contributed by atoms with Gasteiger partial charge in [0.15, 0.2) is 17.3 Å². The van der Waals surface area contributed by atoms with Crippen molar-refractivity contribution in [3.8, 4) is 17.2 Å². The van der Waals surface area contributed by atoms with Gasteiger partial charge in [-0.25, -0.2) is 4.79 Å². The maximum Gasteiger partial charge on any atom is 0.323 e. The van der Waals surface area contributed by atoms with Crippen molar-refractivity contribution >= 4 is 34.6 Å². The van der Waals surface area contributed by atoms with E-state index >= 15 is 0 Å². The van der Waals surface area contributed by atoms with Gasteiger partial charge in [-0.2, -0.15) is 5.10 Å². The lowest BCUT2D eigenvalue weighted by Gasteiger charge is -2.28. The molecule has 1 aliphatic heterocycles. The molecular weight excluding hydrogens is 452 g/mol. The van der Waals surface area contributed by atoms with Gasteiger partial charge in [0.25, 0.3) is 0 Å². The number of nitrogens with one attached hydrogen (secondary N) is 3. The quantitative estimate of drug-likeness (QED) is 0.443. The number of urea groups is 1. The number of hydrogen-bond donors (Lipinski definition) is 3. The van der Waals surface area contributed by atoms with Crippen LogP contribution >= 0.6 is 0 Å². The monoisotopic (exact) mass is 480 g/mol. The molecule has 1 fully saturated rings. The van der Waals surface area contributed by atoms with E-state index in [1.54, 1.807) is 30.5 Å². The summed E-state index contributed by atoms with van der Waals surface area (Å²) < 4.78 is 21.4. The molecule has 1 aliphatic rings. The third kappa shape index (κ3) is 6.01. The number of morpholine rings is 1. The van der Waals surface area contributed by atoms with Gasteiger partial charge >= 0.3 is 6.03 Å². The summed E-state index contributed by atoms with van der Waals surface area (Å²) in [5.74, 6) is 1.97. The van der Waals surface area contributed by atoms with Crippen molar-refractivity contribution < 1.29 is 23.7 Å². The van der Waals surface area contributed by atoms with E-state index in [2.05, 4.69) is 31.0 Å². The third-order valence-electron chi connectivity index (χ3n) is 5.35. The average Bonchev–Trinajstić information content (AvgIpc) is 2.89. The Labute approximate surface area is 203 Å². The molecule has 0 atom stereocenters. The zero-order valence-corrected chi connectivity index (χ0v) is 19.8. The summed E-state index contributed by atoms with van der Waals surface area (Å²) in [5, 5.41) is 17.1. The Morgan fingerprint density at radius 2 is 1.51 bits per heavy atom. The fraction of sp³-hybridized carbons (Fsp3) is 0.292. The number of amides is 2. The van der Waals surface area contributed by atoms with Gasteiger partial charge in [-0.15, -0.1) is 5.10 Å². The Hall–Kier alpha value is -4.25. The molecule has 4 rings (SSSR count). The normalized spacial score (nSPS) is 13.1. The van der Waals surface area contributed by atoms with Crippen LogP contribution in [0.15, 0.2) is 48.7 Å². The molecule has 1 aromatic heterocycles. The van der Waals surface area contributed by atoms with Gasteiger partial charge < -0.3 is 39.8 Å². The summed E-state index contributed by atoms with van der Waals surface area (Å²) in [6, 6.07) is 12.1. The van der Waals surface area contributed by atoms with Crippen LogP contribution in [0.3, 0.4) is 0 Å². The van der Waals surface area contributed by atoms with E-state index in [-0.39, 0.29) is 0 Å². The fourth-order valence-electron chi connectivity index (χ4n) is 3.64. The minimum atomic E-state index is -0.413. The number of aromatic nitrogens is 2. The highest BCUT2D eigenvalue weighted by molar-refractivity contribution is 6.00. The lowest BCUT2D eigenvalue weighted by molar-refractivity contribution is 0.122. The first-order valence-electron chi connectivity index (χ1n) is 11.0. The van der Waals surface area contributed by atoms with Crippen LogP contribution in [0, 0.1) is 0 Å². The number of methoxy groups -OCH3 is 3. The molecule has 184 valence electrons. The SMILES string of the molecule is COc1cc(NC(=O)Nc2ccc(Nc3cc(N4CCOCC4)cnn3)cc2)cc(OC)c1OC. The minimum Gasteiger partial charge on any atom is -0.493 e. The van der Waals surface area contributed by atoms with E-state index < -0.39 is 6.03 Å². The highest BCUT2D eigenvalue weighted by atomic mass is 16.5. The molecule has 2 heterocycles. The van der Waals surface area contributed by atoms with E-state index in [1.165, 1.54) is 21.3 Å². The molecular formula is C24H28N6O5. The van der Waals surface area contributed by atoms with E-state index in [1.807, 2.05) is 18.2 Å². The molecule has 0 saturated carbocycles. The Morgan fingerprint density at radius 1 is 0.886 bits per heavy atom. The summed E-state index contributed by atoms with van der Waals surface area (Å²) in [6.45, 7) is 3.05. The number of hydrogen-bond acceptors (Lipinski definition) is 9. The van der Waals surface area contributed by atoms with Crippen molar-refractivity contribution in [3.05, 3.63) is 48.7 Å². The molecule has 11 heteroatoms.